The maximum absolute atomic E-state index is 12.6. The number of carbonyl (C=O) groups is 2. The van der Waals surface area contributed by atoms with Gasteiger partial charge < -0.3 is 9.72 Å². The molecule has 2 aromatic rings. The highest BCUT2D eigenvalue weighted by atomic mass is 16.5. The molecule has 23 heavy (non-hydrogen) atoms. The van der Waals surface area contributed by atoms with Crippen molar-refractivity contribution in [1.29, 1.82) is 0 Å². The molecule has 0 unspecified atom stereocenters. The van der Waals surface area contributed by atoms with Crippen LogP contribution in [0.3, 0.4) is 0 Å². The second kappa shape index (κ2) is 7.92. The van der Waals surface area contributed by atoms with E-state index in [1.807, 2.05) is 29.2 Å². The molecule has 0 aliphatic rings. The molecule has 1 aromatic carbocycles. The molecule has 0 aliphatic heterocycles. The number of fused-ring (bicyclic) bond motifs is 1. The zero-order chi connectivity index (χ0) is 16.8. The van der Waals surface area contributed by atoms with E-state index in [0.29, 0.717) is 24.6 Å². The molecule has 0 saturated carbocycles. The van der Waals surface area contributed by atoms with Gasteiger partial charge in [0, 0.05) is 29.2 Å². The fourth-order valence-electron chi connectivity index (χ4n) is 2.68. The van der Waals surface area contributed by atoms with Gasteiger partial charge in [-0.25, -0.2) is 0 Å². The number of H-pyrrole nitrogens is 1. The van der Waals surface area contributed by atoms with Crippen LogP contribution in [0.15, 0.2) is 30.5 Å². The lowest BCUT2D eigenvalue weighted by molar-refractivity contribution is -0.144. The van der Waals surface area contributed by atoms with E-state index in [0.717, 1.165) is 10.9 Å². The predicted molar refractivity (Wildman–Crippen MR) is 90.5 cm³/mol. The van der Waals surface area contributed by atoms with Gasteiger partial charge in [-0.1, -0.05) is 32.0 Å². The summed E-state index contributed by atoms with van der Waals surface area (Å²) in [6.07, 6.45) is 1.74. The number of ether oxygens (including phenoxy) is 1. The Balaban J connectivity index is 2.11. The van der Waals surface area contributed by atoms with Gasteiger partial charge in [0.2, 0.25) is 0 Å². The summed E-state index contributed by atoms with van der Waals surface area (Å²) in [4.78, 5) is 29.3. The second-order valence-electron chi connectivity index (χ2n) is 6.04. The average molecular weight is 316 g/mol. The lowest BCUT2D eigenvalue weighted by Crippen LogP contribution is -2.37. The average Bonchev–Trinajstić information content (AvgIpc) is 2.90. The number of nitrogens with one attached hydrogen (secondary N) is 1. The Labute approximate surface area is 136 Å². The van der Waals surface area contributed by atoms with Crippen LogP contribution in [0, 0.1) is 5.92 Å². The number of aromatic amines is 1. The van der Waals surface area contributed by atoms with Crippen LogP contribution < -0.4 is 0 Å². The molecule has 0 spiro atoms. The number of esters is 1. The Morgan fingerprint density at radius 2 is 1.96 bits per heavy atom. The third kappa shape index (κ3) is 4.66. The van der Waals surface area contributed by atoms with Gasteiger partial charge >= 0.3 is 5.97 Å². The summed E-state index contributed by atoms with van der Waals surface area (Å²) in [7, 11) is 0. The van der Waals surface area contributed by atoms with Crippen LogP contribution in [0.5, 0.6) is 0 Å². The van der Waals surface area contributed by atoms with Gasteiger partial charge in [0.15, 0.2) is 5.78 Å². The predicted octanol–water partition coefficient (Wildman–Crippen LogP) is 2.87. The number of rotatable bonds is 8. The number of benzene rings is 1. The molecule has 2 rings (SSSR count). The summed E-state index contributed by atoms with van der Waals surface area (Å²) in [6.45, 7) is 7.28. The quantitative estimate of drug-likeness (QED) is 0.601. The molecule has 124 valence electrons. The first-order chi connectivity index (χ1) is 11.0. The van der Waals surface area contributed by atoms with Gasteiger partial charge in [-0.2, -0.15) is 0 Å². The summed E-state index contributed by atoms with van der Waals surface area (Å²) in [5.41, 5.74) is 1.61. The topological polar surface area (TPSA) is 62.4 Å². The Bertz CT molecular complexity index is 676. The smallest absolute Gasteiger partial charge is 0.320 e. The third-order valence-corrected chi connectivity index (χ3v) is 3.54. The first-order valence-corrected chi connectivity index (χ1v) is 7.98. The van der Waals surface area contributed by atoms with Gasteiger partial charge in [-0.05, 0) is 18.9 Å². The van der Waals surface area contributed by atoms with E-state index in [9.17, 15) is 9.59 Å². The summed E-state index contributed by atoms with van der Waals surface area (Å²) in [5, 5.41) is 0.915. The highest BCUT2D eigenvalue weighted by Crippen LogP contribution is 2.18. The summed E-state index contributed by atoms with van der Waals surface area (Å²) in [5.74, 6) is 0.0764. The van der Waals surface area contributed by atoms with Gasteiger partial charge in [0.05, 0.1) is 19.7 Å². The SMILES string of the molecule is CCOC(=O)CN(CC(=O)c1c[nH]c2ccccc12)CC(C)C. The number of Topliss-reactive ketones (excluding diaryl/α,β-unsaturated/α-hetero) is 1. The Morgan fingerprint density at radius 3 is 2.65 bits per heavy atom. The number of aromatic nitrogens is 1. The molecule has 1 aromatic heterocycles. The third-order valence-electron chi connectivity index (χ3n) is 3.54. The fraction of sp³-hybridized carbons (Fsp3) is 0.444. The van der Waals surface area contributed by atoms with Crippen molar-refractivity contribution in [1.82, 2.24) is 9.88 Å². The van der Waals surface area contributed by atoms with E-state index in [1.165, 1.54) is 0 Å². The molecular formula is C18H24N2O3. The number of ketones is 1. The number of hydrogen-bond acceptors (Lipinski definition) is 4. The van der Waals surface area contributed by atoms with Crippen molar-refractivity contribution in [2.45, 2.75) is 20.8 Å². The van der Waals surface area contributed by atoms with Gasteiger partial charge in [-0.3, -0.25) is 14.5 Å². The molecule has 1 heterocycles. The first-order valence-electron chi connectivity index (χ1n) is 7.98. The lowest BCUT2D eigenvalue weighted by Gasteiger charge is -2.22. The molecule has 0 fully saturated rings. The molecule has 0 radical (unpaired) electrons. The zero-order valence-electron chi connectivity index (χ0n) is 14.0. The van der Waals surface area contributed by atoms with E-state index in [1.54, 1.807) is 13.1 Å². The molecule has 5 heteroatoms. The Kier molecular flexibility index (Phi) is 5.93. The van der Waals surface area contributed by atoms with Gasteiger partial charge in [0.1, 0.15) is 0 Å². The molecule has 0 aliphatic carbocycles. The van der Waals surface area contributed by atoms with Crippen LogP contribution in [0.4, 0.5) is 0 Å². The van der Waals surface area contributed by atoms with Crippen LogP contribution in [-0.4, -0.2) is 47.9 Å². The number of para-hydroxylation sites is 1. The minimum absolute atomic E-state index is 0.00685. The number of carbonyl (C=O) groups excluding carboxylic acids is 2. The van der Waals surface area contributed by atoms with Gasteiger partial charge in [0.25, 0.3) is 0 Å². The normalized spacial score (nSPS) is 11.3. The van der Waals surface area contributed by atoms with E-state index < -0.39 is 0 Å². The maximum Gasteiger partial charge on any atom is 0.320 e. The van der Waals surface area contributed by atoms with Crippen LogP contribution >= 0.6 is 0 Å². The van der Waals surface area contributed by atoms with Crippen LogP contribution in [0.2, 0.25) is 0 Å². The van der Waals surface area contributed by atoms with E-state index >= 15 is 0 Å². The minimum atomic E-state index is -0.292. The number of nitrogens with zero attached hydrogens (tertiary/aromatic N) is 1. The maximum atomic E-state index is 12.6. The van der Waals surface area contributed by atoms with Crippen LogP contribution in [0.1, 0.15) is 31.1 Å². The van der Waals surface area contributed by atoms with Crippen LogP contribution in [-0.2, 0) is 9.53 Å². The van der Waals surface area contributed by atoms with Crippen molar-refractivity contribution in [3.63, 3.8) is 0 Å². The first kappa shape index (κ1) is 17.2. The highest BCUT2D eigenvalue weighted by Gasteiger charge is 2.19. The standard InChI is InChI=1S/C18H24N2O3/c1-4-23-18(22)12-20(10-13(2)3)11-17(21)15-9-19-16-8-6-5-7-14(15)16/h5-9,13,19H,4,10-12H2,1-3H3. The molecule has 0 bridgehead atoms. The highest BCUT2D eigenvalue weighted by molar-refractivity contribution is 6.08. The van der Waals surface area contributed by atoms with E-state index in [2.05, 4.69) is 18.8 Å². The van der Waals surface area contributed by atoms with Crippen molar-refractivity contribution < 1.29 is 14.3 Å². The van der Waals surface area contributed by atoms with E-state index in [-0.39, 0.29) is 24.8 Å². The van der Waals surface area contributed by atoms with Crippen molar-refractivity contribution in [2.75, 3.05) is 26.2 Å². The minimum Gasteiger partial charge on any atom is -0.465 e. The number of hydrogen-bond donors (Lipinski definition) is 1. The summed E-state index contributed by atoms with van der Waals surface area (Å²) in [6, 6.07) is 7.71. The van der Waals surface area contributed by atoms with Crippen LogP contribution in [0.25, 0.3) is 10.9 Å². The zero-order valence-corrected chi connectivity index (χ0v) is 14.0. The summed E-state index contributed by atoms with van der Waals surface area (Å²) < 4.78 is 5.00. The van der Waals surface area contributed by atoms with Crippen molar-refractivity contribution in [3.8, 4) is 0 Å². The second-order valence-corrected chi connectivity index (χ2v) is 6.04. The van der Waals surface area contributed by atoms with Crippen molar-refractivity contribution in [2.24, 2.45) is 5.92 Å². The Morgan fingerprint density at radius 1 is 1.22 bits per heavy atom. The fourth-order valence-corrected chi connectivity index (χ4v) is 2.68. The van der Waals surface area contributed by atoms with Crippen molar-refractivity contribution >= 4 is 22.7 Å². The Hall–Kier alpha value is -2.14. The van der Waals surface area contributed by atoms with E-state index in [4.69, 9.17) is 4.74 Å². The molecule has 0 saturated heterocycles. The largest absolute Gasteiger partial charge is 0.465 e. The van der Waals surface area contributed by atoms with Gasteiger partial charge in [-0.15, -0.1) is 0 Å². The van der Waals surface area contributed by atoms with Crippen molar-refractivity contribution in [3.05, 3.63) is 36.0 Å². The molecule has 0 amide bonds. The summed E-state index contributed by atoms with van der Waals surface area (Å²) >= 11 is 0. The lowest BCUT2D eigenvalue weighted by atomic mass is 10.1. The molecular weight excluding hydrogens is 292 g/mol. The molecule has 1 N–H and O–H groups in total. The molecule has 0 atom stereocenters. The molecule has 5 nitrogen and oxygen atoms in total. The monoisotopic (exact) mass is 316 g/mol.